The van der Waals surface area contributed by atoms with Gasteiger partial charge in [0.05, 0.1) is 6.10 Å². The SMILES string of the molecule is OC(CNc1ccnc(C2CC2)n1)c1cccc(OCc2ccccc2)c1. The first-order valence-corrected chi connectivity index (χ1v) is 9.29. The van der Waals surface area contributed by atoms with E-state index < -0.39 is 6.10 Å². The number of nitrogens with zero attached hydrogens (tertiary/aromatic N) is 2. The maximum Gasteiger partial charge on any atom is 0.133 e. The first-order chi connectivity index (χ1) is 13.3. The molecule has 4 rings (SSSR count). The zero-order chi connectivity index (χ0) is 18.5. The van der Waals surface area contributed by atoms with Crippen molar-refractivity contribution < 1.29 is 9.84 Å². The molecular formula is C22H23N3O2. The molecule has 1 saturated carbocycles. The van der Waals surface area contributed by atoms with Crippen LogP contribution in [0.15, 0.2) is 66.9 Å². The van der Waals surface area contributed by atoms with Crippen LogP contribution < -0.4 is 10.1 Å². The normalized spacial score (nSPS) is 14.6. The van der Waals surface area contributed by atoms with Crippen LogP contribution in [0.2, 0.25) is 0 Å². The van der Waals surface area contributed by atoms with Crippen LogP contribution in [0.5, 0.6) is 5.75 Å². The molecule has 5 heteroatoms. The summed E-state index contributed by atoms with van der Waals surface area (Å²) in [7, 11) is 0. The third kappa shape index (κ3) is 4.83. The molecule has 0 aliphatic heterocycles. The molecular weight excluding hydrogens is 338 g/mol. The first-order valence-electron chi connectivity index (χ1n) is 9.29. The second kappa shape index (κ2) is 8.18. The largest absolute Gasteiger partial charge is 0.489 e. The Bertz CT molecular complexity index is 881. The second-order valence-electron chi connectivity index (χ2n) is 6.82. The number of aromatic nitrogens is 2. The Kier molecular flexibility index (Phi) is 5.30. The van der Waals surface area contributed by atoms with E-state index in [0.29, 0.717) is 19.1 Å². The number of ether oxygens (including phenoxy) is 1. The number of nitrogens with one attached hydrogen (secondary N) is 1. The first kappa shape index (κ1) is 17.5. The molecule has 1 heterocycles. The van der Waals surface area contributed by atoms with Crippen molar-refractivity contribution in [3.8, 4) is 5.75 Å². The number of rotatable bonds is 8. The van der Waals surface area contributed by atoms with Gasteiger partial charge < -0.3 is 15.2 Å². The lowest BCUT2D eigenvalue weighted by Gasteiger charge is -2.14. The predicted octanol–water partition coefficient (Wildman–Crippen LogP) is 4.08. The standard InChI is InChI=1S/C22H23N3O2/c26-20(14-24-21-11-12-23-22(25-21)17-9-10-17)18-7-4-8-19(13-18)27-15-16-5-2-1-3-6-16/h1-8,11-13,17,20,26H,9-10,14-15H2,(H,23,24,25). The van der Waals surface area contributed by atoms with Crippen LogP contribution in [0.25, 0.3) is 0 Å². The third-order valence-corrected chi connectivity index (χ3v) is 4.58. The Hall–Kier alpha value is -2.92. The lowest BCUT2D eigenvalue weighted by Crippen LogP contribution is -2.13. The summed E-state index contributed by atoms with van der Waals surface area (Å²) in [4.78, 5) is 8.84. The van der Waals surface area contributed by atoms with Gasteiger partial charge in [0, 0.05) is 18.7 Å². The average Bonchev–Trinajstić information content (AvgIpc) is 3.57. The van der Waals surface area contributed by atoms with Gasteiger partial charge in [0.15, 0.2) is 0 Å². The summed E-state index contributed by atoms with van der Waals surface area (Å²) in [6, 6.07) is 19.4. The van der Waals surface area contributed by atoms with Gasteiger partial charge in [-0.1, -0.05) is 42.5 Å². The highest BCUT2D eigenvalue weighted by atomic mass is 16.5. The Balaban J connectivity index is 1.34. The molecule has 138 valence electrons. The smallest absolute Gasteiger partial charge is 0.133 e. The maximum absolute atomic E-state index is 10.5. The Labute approximate surface area is 159 Å². The van der Waals surface area contributed by atoms with E-state index in [1.807, 2.05) is 60.7 Å². The lowest BCUT2D eigenvalue weighted by atomic mass is 10.1. The van der Waals surface area contributed by atoms with E-state index in [4.69, 9.17) is 4.74 Å². The molecule has 0 bridgehead atoms. The van der Waals surface area contributed by atoms with E-state index in [9.17, 15) is 5.11 Å². The number of aliphatic hydroxyl groups is 1. The van der Waals surface area contributed by atoms with Gasteiger partial charge in [-0.05, 0) is 42.2 Å². The fourth-order valence-electron chi connectivity index (χ4n) is 2.88. The van der Waals surface area contributed by atoms with E-state index in [1.54, 1.807) is 6.20 Å². The van der Waals surface area contributed by atoms with Crippen LogP contribution in [0, 0.1) is 0 Å². The summed E-state index contributed by atoms with van der Waals surface area (Å²) < 4.78 is 5.84. The van der Waals surface area contributed by atoms with Crippen molar-refractivity contribution in [3.63, 3.8) is 0 Å². The molecule has 1 aromatic heterocycles. The summed E-state index contributed by atoms with van der Waals surface area (Å²) in [6.45, 7) is 0.882. The van der Waals surface area contributed by atoms with Crippen molar-refractivity contribution in [2.75, 3.05) is 11.9 Å². The molecule has 1 fully saturated rings. The number of hydrogen-bond acceptors (Lipinski definition) is 5. The van der Waals surface area contributed by atoms with Gasteiger partial charge in [-0.15, -0.1) is 0 Å². The second-order valence-corrected chi connectivity index (χ2v) is 6.82. The molecule has 0 saturated heterocycles. The summed E-state index contributed by atoms with van der Waals surface area (Å²) in [5.74, 6) is 2.90. The Morgan fingerprint density at radius 1 is 1.07 bits per heavy atom. The molecule has 0 radical (unpaired) electrons. The fourth-order valence-corrected chi connectivity index (χ4v) is 2.88. The average molecular weight is 361 g/mol. The molecule has 1 aliphatic rings. The number of hydrogen-bond donors (Lipinski definition) is 2. The summed E-state index contributed by atoms with van der Waals surface area (Å²) >= 11 is 0. The zero-order valence-corrected chi connectivity index (χ0v) is 15.1. The number of aliphatic hydroxyl groups excluding tert-OH is 1. The monoisotopic (exact) mass is 361 g/mol. The van der Waals surface area contributed by atoms with Crippen molar-refractivity contribution in [3.05, 3.63) is 83.8 Å². The molecule has 3 aromatic rings. The quantitative estimate of drug-likeness (QED) is 0.633. The van der Waals surface area contributed by atoms with Gasteiger partial charge in [-0.2, -0.15) is 0 Å². The van der Waals surface area contributed by atoms with Crippen molar-refractivity contribution in [2.45, 2.75) is 31.5 Å². The van der Waals surface area contributed by atoms with E-state index in [1.165, 1.54) is 12.8 Å². The zero-order valence-electron chi connectivity index (χ0n) is 15.1. The summed E-state index contributed by atoms with van der Waals surface area (Å²) in [5.41, 5.74) is 1.92. The molecule has 0 amide bonds. The van der Waals surface area contributed by atoms with E-state index >= 15 is 0 Å². The number of benzene rings is 2. The highest BCUT2D eigenvalue weighted by Crippen LogP contribution is 2.38. The summed E-state index contributed by atoms with van der Waals surface area (Å²) in [6.07, 6.45) is 3.46. The molecule has 2 N–H and O–H groups in total. The van der Waals surface area contributed by atoms with Gasteiger partial charge in [0.25, 0.3) is 0 Å². The van der Waals surface area contributed by atoms with Gasteiger partial charge >= 0.3 is 0 Å². The highest BCUT2D eigenvalue weighted by molar-refractivity contribution is 5.36. The topological polar surface area (TPSA) is 67.3 Å². The third-order valence-electron chi connectivity index (χ3n) is 4.58. The van der Waals surface area contributed by atoms with Gasteiger partial charge in [0.2, 0.25) is 0 Å². The van der Waals surface area contributed by atoms with Crippen LogP contribution in [-0.2, 0) is 6.61 Å². The van der Waals surface area contributed by atoms with Crippen LogP contribution in [0.4, 0.5) is 5.82 Å². The number of anilines is 1. The maximum atomic E-state index is 10.5. The molecule has 27 heavy (non-hydrogen) atoms. The molecule has 2 aromatic carbocycles. The Morgan fingerprint density at radius 2 is 1.93 bits per heavy atom. The molecule has 1 atom stereocenters. The van der Waals surface area contributed by atoms with Gasteiger partial charge in [-0.25, -0.2) is 9.97 Å². The lowest BCUT2D eigenvalue weighted by molar-refractivity contribution is 0.190. The van der Waals surface area contributed by atoms with E-state index in [0.717, 1.165) is 28.5 Å². The molecule has 1 aliphatic carbocycles. The minimum Gasteiger partial charge on any atom is -0.489 e. The van der Waals surface area contributed by atoms with Gasteiger partial charge in [-0.3, -0.25) is 0 Å². The summed E-state index contributed by atoms with van der Waals surface area (Å²) in [5, 5.41) is 13.7. The minimum atomic E-state index is -0.649. The predicted molar refractivity (Wildman–Crippen MR) is 105 cm³/mol. The molecule has 1 unspecified atom stereocenters. The van der Waals surface area contributed by atoms with E-state index in [-0.39, 0.29) is 0 Å². The Morgan fingerprint density at radius 3 is 2.74 bits per heavy atom. The van der Waals surface area contributed by atoms with Crippen molar-refractivity contribution in [2.24, 2.45) is 0 Å². The van der Waals surface area contributed by atoms with Crippen LogP contribution in [-0.4, -0.2) is 21.6 Å². The molecule has 0 spiro atoms. The van der Waals surface area contributed by atoms with E-state index in [2.05, 4.69) is 15.3 Å². The van der Waals surface area contributed by atoms with Crippen LogP contribution in [0.3, 0.4) is 0 Å². The van der Waals surface area contributed by atoms with Crippen molar-refractivity contribution >= 4 is 5.82 Å². The van der Waals surface area contributed by atoms with Crippen LogP contribution >= 0.6 is 0 Å². The van der Waals surface area contributed by atoms with Crippen molar-refractivity contribution in [1.82, 2.24) is 9.97 Å². The molecule has 5 nitrogen and oxygen atoms in total. The van der Waals surface area contributed by atoms with Crippen LogP contribution in [0.1, 0.15) is 41.8 Å². The minimum absolute atomic E-state index is 0.378. The highest BCUT2D eigenvalue weighted by Gasteiger charge is 2.26. The van der Waals surface area contributed by atoms with Gasteiger partial charge in [0.1, 0.15) is 24.0 Å². The van der Waals surface area contributed by atoms with Crippen molar-refractivity contribution in [1.29, 1.82) is 0 Å². The fraction of sp³-hybridized carbons (Fsp3) is 0.273.